The first kappa shape index (κ1) is 17.1. The molecule has 0 unspecified atom stereocenters. The SMILES string of the molecule is CCc1c(C)c(C#N)c2[nH]c3ccccc3[n+]2c1NCCc1ccccc1. The fourth-order valence-electron chi connectivity index (χ4n) is 3.85. The molecule has 0 atom stereocenters. The molecular weight excluding hydrogens is 332 g/mol. The average Bonchev–Trinajstić information content (AvgIpc) is 3.08. The first-order chi connectivity index (χ1) is 13.2. The molecule has 0 aliphatic rings. The van der Waals surface area contributed by atoms with Gasteiger partial charge in [-0.25, -0.2) is 0 Å². The van der Waals surface area contributed by atoms with Gasteiger partial charge in [0.15, 0.2) is 0 Å². The monoisotopic (exact) mass is 355 g/mol. The second-order valence-electron chi connectivity index (χ2n) is 6.78. The van der Waals surface area contributed by atoms with E-state index in [1.165, 1.54) is 11.1 Å². The molecule has 27 heavy (non-hydrogen) atoms. The zero-order chi connectivity index (χ0) is 18.8. The van der Waals surface area contributed by atoms with E-state index >= 15 is 0 Å². The normalized spacial score (nSPS) is 11.0. The van der Waals surface area contributed by atoms with E-state index in [1.54, 1.807) is 0 Å². The number of H-pyrrole nitrogens is 1. The molecule has 2 N–H and O–H groups in total. The maximum atomic E-state index is 9.77. The molecule has 0 aliphatic heterocycles. The number of hydrogen-bond donors (Lipinski definition) is 2. The summed E-state index contributed by atoms with van der Waals surface area (Å²) in [5.74, 6) is 1.08. The second kappa shape index (κ2) is 7.13. The van der Waals surface area contributed by atoms with Crippen LogP contribution in [0.1, 0.15) is 29.2 Å². The van der Waals surface area contributed by atoms with Gasteiger partial charge in [-0.3, -0.25) is 4.98 Å². The summed E-state index contributed by atoms with van der Waals surface area (Å²) in [6.07, 6.45) is 1.82. The van der Waals surface area contributed by atoms with E-state index < -0.39 is 0 Å². The highest BCUT2D eigenvalue weighted by Gasteiger charge is 2.24. The number of nitrogens with one attached hydrogen (secondary N) is 2. The van der Waals surface area contributed by atoms with E-state index in [1.807, 2.05) is 25.1 Å². The standard InChI is InChI=1S/C23H22N4/c1-3-18-16(2)19(15-24)23-26-20-11-7-8-12-21(20)27(23)22(18)25-14-13-17-9-5-4-6-10-17/h4-12H,3,13-14H2,1-2H3,(H,25,26)/p+1. The third-order valence-corrected chi connectivity index (χ3v) is 5.21. The molecule has 4 rings (SSSR count). The summed E-state index contributed by atoms with van der Waals surface area (Å²) >= 11 is 0. The van der Waals surface area contributed by atoms with Crippen molar-refractivity contribution in [3.63, 3.8) is 0 Å². The minimum absolute atomic E-state index is 0.719. The molecule has 0 amide bonds. The minimum Gasteiger partial charge on any atom is -0.305 e. The average molecular weight is 355 g/mol. The highest BCUT2D eigenvalue weighted by molar-refractivity contribution is 5.78. The molecule has 4 aromatic rings. The predicted molar refractivity (Wildman–Crippen MR) is 109 cm³/mol. The summed E-state index contributed by atoms with van der Waals surface area (Å²) in [6, 6.07) is 21.1. The smallest absolute Gasteiger partial charge is 0.250 e. The number of rotatable bonds is 5. The zero-order valence-electron chi connectivity index (χ0n) is 15.7. The number of aromatic nitrogens is 2. The van der Waals surface area contributed by atoms with Crippen LogP contribution in [0.3, 0.4) is 0 Å². The predicted octanol–water partition coefficient (Wildman–Crippen LogP) is 4.30. The number of fused-ring (bicyclic) bond motifs is 3. The highest BCUT2D eigenvalue weighted by atomic mass is 15.1. The number of aromatic amines is 1. The van der Waals surface area contributed by atoms with Crippen molar-refractivity contribution in [1.82, 2.24) is 4.98 Å². The zero-order valence-corrected chi connectivity index (χ0v) is 15.7. The van der Waals surface area contributed by atoms with Crippen molar-refractivity contribution in [3.8, 4) is 6.07 Å². The van der Waals surface area contributed by atoms with Gasteiger partial charge < -0.3 is 5.32 Å². The number of nitrogens with zero attached hydrogens (tertiary/aromatic N) is 2. The number of nitriles is 1. The molecular formula is C23H23N4+. The van der Waals surface area contributed by atoms with Gasteiger partial charge in [-0.15, -0.1) is 0 Å². The second-order valence-corrected chi connectivity index (χ2v) is 6.78. The Morgan fingerprint density at radius 3 is 2.56 bits per heavy atom. The lowest BCUT2D eigenvalue weighted by Crippen LogP contribution is -2.30. The van der Waals surface area contributed by atoms with Crippen molar-refractivity contribution >= 4 is 22.5 Å². The summed E-state index contributed by atoms with van der Waals surface area (Å²) in [5.41, 5.74) is 7.25. The van der Waals surface area contributed by atoms with E-state index in [0.717, 1.165) is 53.0 Å². The van der Waals surface area contributed by atoms with Crippen LogP contribution in [-0.2, 0) is 12.8 Å². The topological polar surface area (TPSA) is 55.7 Å². The van der Waals surface area contributed by atoms with Gasteiger partial charge in [-0.2, -0.15) is 9.66 Å². The van der Waals surface area contributed by atoms with Crippen molar-refractivity contribution in [2.75, 3.05) is 11.9 Å². The molecule has 4 heteroatoms. The molecule has 0 spiro atoms. The number of anilines is 1. The lowest BCUT2D eigenvalue weighted by Gasteiger charge is -2.12. The fourth-order valence-corrected chi connectivity index (χ4v) is 3.85. The number of imidazole rings is 1. The maximum absolute atomic E-state index is 9.77. The summed E-state index contributed by atoms with van der Waals surface area (Å²) in [7, 11) is 0. The summed E-state index contributed by atoms with van der Waals surface area (Å²) in [4.78, 5) is 3.44. The first-order valence-corrected chi connectivity index (χ1v) is 9.40. The maximum Gasteiger partial charge on any atom is 0.250 e. The number of hydrogen-bond acceptors (Lipinski definition) is 2. The van der Waals surface area contributed by atoms with Gasteiger partial charge in [0.2, 0.25) is 11.5 Å². The van der Waals surface area contributed by atoms with Crippen LogP contribution < -0.4 is 9.72 Å². The Morgan fingerprint density at radius 2 is 1.81 bits per heavy atom. The highest BCUT2D eigenvalue weighted by Crippen LogP contribution is 2.25. The Kier molecular flexibility index (Phi) is 4.52. The molecule has 2 aromatic carbocycles. The summed E-state index contributed by atoms with van der Waals surface area (Å²) in [6.45, 7) is 5.03. The number of pyridine rings is 1. The molecule has 0 fully saturated rings. The third kappa shape index (κ3) is 2.92. The molecule has 0 saturated carbocycles. The number of benzene rings is 2. The van der Waals surface area contributed by atoms with Crippen LogP contribution in [0, 0.1) is 18.3 Å². The first-order valence-electron chi connectivity index (χ1n) is 9.40. The van der Waals surface area contributed by atoms with Crippen molar-refractivity contribution in [2.45, 2.75) is 26.7 Å². The lowest BCUT2D eigenvalue weighted by atomic mass is 10.0. The van der Waals surface area contributed by atoms with E-state index in [2.05, 4.69) is 64.1 Å². The van der Waals surface area contributed by atoms with Crippen molar-refractivity contribution in [2.24, 2.45) is 0 Å². The van der Waals surface area contributed by atoms with E-state index in [-0.39, 0.29) is 0 Å². The number of para-hydroxylation sites is 2. The van der Waals surface area contributed by atoms with Crippen molar-refractivity contribution < 1.29 is 4.40 Å². The van der Waals surface area contributed by atoms with Gasteiger partial charge in [0.1, 0.15) is 22.7 Å². The molecule has 0 radical (unpaired) electrons. The molecule has 2 aromatic heterocycles. The molecule has 0 bridgehead atoms. The largest absolute Gasteiger partial charge is 0.305 e. The van der Waals surface area contributed by atoms with Gasteiger partial charge in [0, 0.05) is 12.0 Å². The molecule has 134 valence electrons. The molecule has 0 saturated heterocycles. The Bertz CT molecular complexity index is 1150. The van der Waals surface area contributed by atoms with Gasteiger partial charge in [-0.05, 0) is 36.6 Å². The van der Waals surface area contributed by atoms with Crippen molar-refractivity contribution in [1.29, 1.82) is 5.26 Å². The third-order valence-electron chi connectivity index (χ3n) is 5.21. The van der Waals surface area contributed by atoms with E-state index in [9.17, 15) is 5.26 Å². The quantitative estimate of drug-likeness (QED) is 0.524. The Morgan fingerprint density at radius 1 is 1.07 bits per heavy atom. The summed E-state index contributed by atoms with van der Waals surface area (Å²) < 4.78 is 2.17. The van der Waals surface area contributed by atoms with Gasteiger partial charge in [0.05, 0.1) is 6.54 Å². The molecule has 2 heterocycles. The Balaban J connectivity index is 1.86. The van der Waals surface area contributed by atoms with Crippen LogP contribution in [0.4, 0.5) is 5.82 Å². The van der Waals surface area contributed by atoms with Crippen molar-refractivity contribution in [3.05, 3.63) is 76.9 Å². The Labute approximate surface area is 159 Å². The van der Waals surface area contributed by atoms with E-state index in [0.29, 0.717) is 0 Å². The van der Waals surface area contributed by atoms with Crippen LogP contribution in [0.2, 0.25) is 0 Å². The van der Waals surface area contributed by atoms with Crippen LogP contribution in [0.5, 0.6) is 0 Å². The Hall–Kier alpha value is -3.32. The minimum atomic E-state index is 0.719. The van der Waals surface area contributed by atoms with Crippen LogP contribution >= 0.6 is 0 Å². The molecule has 4 nitrogen and oxygen atoms in total. The van der Waals surface area contributed by atoms with Gasteiger partial charge in [0.25, 0.3) is 0 Å². The van der Waals surface area contributed by atoms with Crippen LogP contribution in [0.25, 0.3) is 16.7 Å². The molecule has 0 aliphatic carbocycles. The van der Waals surface area contributed by atoms with Crippen LogP contribution in [-0.4, -0.2) is 11.5 Å². The fraction of sp³-hybridized carbons (Fsp3) is 0.217. The van der Waals surface area contributed by atoms with E-state index in [4.69, 9.17) is 0 Å². The van der Waals surface area contributed by atoms with Crippen LogP contribution in [0.15, 0.2) is 54.6 Å². The lowest BCUT2D eigenvalue weighted by molar-refractivity contribution is -0.465. The van der Waals surface area contributed by atoms with Gasteiger partial charge in [-0.1, -0.05) is 49.4 Å². The van der Waals surface area contributed by atoms with Gasteiger partial charge >= 0.3 is 0 Å². The summed E-state index contributed by atoms with van der Waals surface area (Å²) in [5, 5.41) is 13.4.